The topological polar surface area (TPSA) is 104 Å². The molecule has 4 N–H and O–H groups in total. The van der Waals surface area contributed by atoms with Gasteiger partial charge in [-0.1, -0.05) is 93.9 Å². The van der Waals surface area contributed by atoms with E-state index >= 15 is 0 Å². The Labute approximate surface area is 228 Å². The Kier molecular flexibility index (Phi) is 13.6. The van der Waals surface area contributed by atoms with E-state index in [0.29, 0.717) is 51.4 Å². The maximum atomic E-state index is 14.9. The normalized spacial score (nSPS) is 17.8. The first-order valence-electron chi connectivity index (χ1n) is 15.4. The summed E-state index contributed by atoms with van der Waals surface area (Å²) >= 11 is 0. The maximum absolute atomic E-state index is 14.9. The van der Waals surface area contributed by atoms with Crippen molar-refractivity contribution in [3.8, 4) is 0 Å². The van der Waals surface area contributed by atoms with Gasteiger partial charge in [-0.2, -0.15) is 0 Å². The van der Waals surface area contributed by atoms with Gasteiger partial charge in [0.25, 0.3) is 0 Å². The molecular weight excluding hydrogens is 464 g/mol. The number of nitrogens with zero attached hydrogens (tertiary/aromatic N) is 1. The predicted octanol–water partition coefficient (Wildman–Crippen LogP) is 6.35. The molecule has 0 radical (unpaired) electrons. The molecule has 1 saturated carbocycles. The summed E-state index contributed by atoms with van der Waals surface area (Å²) < 4.78 is 0. The second-order valence-corrected chi connectivity index (χ2v) is 12.9. The van der Waals surface area contributed by atoms with E-state index in [4.69, 9.17) is 5.73 Å². The van der Waals surface area contributed by atoms with Crippen LogP contribution in [-0.2, 0) is 9.59 Å². The van der Waals surface area contributed by atoms with Crippen LogP contribution >= 0.6 is 0 Å². The standard InChI is InChI=1S/C31H60N2O4/c1-9-15-30(36,16-10-2)25(21-23(5)6)33(28(35)29(27(32)34)19-13-14-20-29)26(22-24(7)8)31(37,17-11-3)18-12-4/h23-26,36-37H,9-22H2,1-8H3,(H2,32,34). The molecule has 1 fully saturated rings. The van der Waals surface area contributed by atoms with Crippen LogP contribution in [0.4, 0.5) is 0 Å². The molecule has 6 nitrogen and oxygen atoms in total. The van der Waals surface area contributed by atoms with E-state index < -0.39 is 34.6 Å². The lowest BCUT2D eigenvalue weighted by Crippen LogP contribution is -2.67. The van der Waals surface area contributed by atoms with Gasteiger partial charge in [-0.05, 0) is 63.2 Å². The molecule has 0 spiro atoms. The highest BCUT2D eigenvalue weighted by atomic mass is 16.3. The van der Waals surface area contributed by atoms with Crippen LogP contribution in [0.15, 0.2) is 0 Å². The second-order valence-electron chi connectivity index (χ2n) is 12.9. The van der Waals surface area contributed by atoms with E-state index in [9.17, 15) is 19.8 Å². The van der Waals surface area contributed by atoms with Crippen molar-refractivity contribution in [1.29, 1.82) is 0 Å². The average molecular weight is 525 g/mol. The van der Waals surface area contributed by atoms with Crippen molar-refractivity contribution < 1.29 is 19.8 Å². The Balaban J connectivity index is 4.02. The molecule has 6 heteroatoms. The van der Waals surface area contributed by atoms with Gasteiger partial charge in [-0.15, -0.1) is 0 Å². The molecule has 0 aromatic carbocycles. The predicted molar refractivity (Wildman–Crippen MR) is 153 cm³/mol. The maximum Gasteiger partial charge on any atom is 0.238 e. The van der Waals surface area contributed by atoms with E-state index in [1.165, 1.54) is 0 Å². The summed E-state index contributed by atoms with van der Waals surface area (Å²) in [5, 5.41) is 24.6. The molecule has 0 aromatic rings. The Morgan fingerprint density at radius 2 is 1.08 bits per heavy atom. The van der Waals surface area contributed by atoms with Crippen molar-refractivity contribution in [1.82, 2.24) is 4.90 Å². The number of rotatable bonds is 18. The molecule has 2 amide bonds. The molecule has 0 aromatic heterocycles. The monoisotopic (exact) mass is 524 g/mol. The molecule has 0 bridgehead atoms. The van der Waals surface area contributed by atoms with E-state index in [1.807, 2.05) is 4.90 Å². The van der Waals surface area contributed by atoms with E-state index in [1.54, 1.807) is 0 Å². The van der Waals surface area contributed by atoms with Crippen LogP contribution in [-0.4, -0.2) is 50.2 Å². The molecule has 1 rings (SSSR count). The zero-order valence-electron chi connectivity index (χ0n) is 25.4. The SMILES string of the molecule is CCCC(O)(CCC)C(CC(C)C)N(C(=O)C1(C(N)=O)CCCC1)C(CC(C)C)C(O)(CCC)CCC. The summed E-state index contributed by atoms with van der Waals surface area (Å²) in [5.41, 5.74) is 2.55. The van der Waals surface area contributed by atoms with Gasteiger partial charge in [-0.25, -0.2) is 0 Å². The number of aliphatic hydroxyl groups is 2. The van der Waals surface area contributed by atoms with Gasteiger partial charge in [0.1, 0.15) is 5.41 Å². The summed E-state index contributed by atoms with van der Waals surface area (Å²) in [7, 11) is 0. The molecule has 0 aliphatic heterocycles. The fraction of sp³-hybridized carbons (Fsp3) is 0.935. The van der Waals surface area contributed by atoms with Gasteiger partial charge < -0.3 is 20.8 Å². The Hall–Kier alpha value is -1.14. The second kappa shape index (κ2) is 14.9. The Morgan fingerprint density at radius 1 is 0.757 bits per heavy atom. The highest BCUT2D eigenvalue weighted by molar-refractivity contribution is 6.05. The lowest BCUT2D eigenvalue weighted by atomic mass is 9.73. The molecule has 37 heavy (non-hydrogen) atoms. The summed E-state index contributed by atoms with van der Waals surface area (Å²) in [6, 6.07) is -0.999. The third kappa shape index (κ3) is 8.17. The zero-order valence-corrected chi connectivity index (χ0v) is 25.4. The van der Waals surface area contributed by atoms with Crippen molar-refractivity contribution in [3.05, 3.63) is 0 Å². The van der Waals surface area contributed by atoms with Crippen LogP contribution in [0.1, 0.15) is 145 Å². The van der Waals surface area contributed by atoms with Crippen LogP contribution in [0.3, 0.4) is 0 Å². The largest absolute Gasteiger partial charge is 0.388 e. The number of hydrogen-bond acceptors (Lipinski definition) is 4. The van der Waals surface area contributed by atoms with Gasteiger partial charge in [0.2, 0.25) is 11.8 Å². The zero-order chi connectivity index (χ0) is 28.4. The number of primary amides is 1. The summed E-state index contributed by atoms with van der Waals surface area (Å²) in [6.07, 6.45) is 9.12. The number of carbonyl (C=O) groups is 2. The van der Waals surface area contributed by atoms with E-state index in [2.05, 4.69) is 55.4 Å². The summed E-state index contributed by atoms with van der Waals surface area (Å²) in [4.78, 5) is 29.7. The highest BCUT2D eigenvalue weighted by Crippen LogP contribution is 2.45. The summed E-state index contributed by atoms with van der Waals surface area (Å²) in [5.74, 6) is -0.377. The fourth-order valence-corrected chi connectivity index (χ4v) is 7.02. The number of amides is 2. The summed E-state index contributed by atoms with van der Waals surface area (Å²) in [6.45, 7) is 16.7. The quantitative estimate of drug-likeness (QED) is 0.182. The molecular formula is C31H60N2O4. The van der Waals surface area contributed by atoms with Crippen LogP contribution in [0.5, 0.6) is 0 Å². The molecule has 0 saturated heterocycles. The first-order chi connectivity index (χ1) is 17.3. The van der Waals surface area contributed by atoms with Crippen molar-refractivity contribution in [2.24, 2.45) is 23.0 Å². The number of nitrogens with two attached hydrogens (primary N) is 1. The average Bonchev–Trinajstić information content (AvgIpc) is 3.29. The van der Waals surface area contributed by atoms with Crippen molar-refractivity contribution in [3.63, 3.8) is 0 Å². The minimum Gasteiger partial charge on any atom is -0.388 e. The molecule has 1 aliphatic carbocycles. The van der Waals surface area contributed by atoms with Crippen LogP contribution in [0.25, 0.3) is 0 Å². The van der Waals surface area contributed by atoms with Gasteiger partial charge in [0, 0.05) is 0 Å². The lowest BCUT2D eigenvalue weighted by Gasteiger charge is -2.53. The van der Waals surface area contributed by atoms with Crippen molar-refractivity contribution in [2.45, 2.75) is 169 Å². The van der Waals surface area contributed by atoms with Gasteiger partial charge >= 0.3 is 0 Å². The van der Waals surface area contributed by atoms with Gasteiger partial charge in [0.05, 0.1) is 23.3 Å². The fourth-order valence-electron chi connectivity index (χ4n) is 7.02. The van der Waals surface area contributed by atoms with E-state index in [-0.39, 0.29) is 17.7 Å². The van der Waals surface area contributed by atoms with Gasteiger partial charge in [0.15, 0.2) is 0 Å². The Morgan fingerprint density at radius 3 is 1.32 bits per heavy atom. The Bertz CT molecular complexity index is 651. The van der Waals surface area contributed by atoms with Crippen LogP contribution in [0.2, 0.25) is 0 Å². The molecule has 2 unspecified atom stereocenters. The van der Waals surface area contributed by atoms with Gasteiger partial charge in [-0.3, -0.25) is 9.59 Å². The third-order valence-electron chi connectivity index (χ3n) is 8.61. The van der Waals surface area contributed by atoms with Crippen molar-refractivity contribution in [2.75, 3.05) is 0 Å². The smallest absolute Gasteiger partial charge is 0.238 e. The first kappa shape index (κ1) is 33.9. The molecule has 2 atom stereocenters. The molecule has 218 valence electrons. The molecule has 0 heterocycles. The van der Waals surface area contributed by atoms with E-state index in [0.717, 1.165) is 38.5 Å². The first-order valence-corrected chi connectivity index (χ1v) is 15.4. The van der Waals surface area contributed by atoms with Crippen molar-refractivity contribution >= 4 is 11.8 Å². The third-order valence-corrected chi connectivity index (χ3v) is 8.61. The molecule has 1 aliphatic rings. The number of hydrogen-bond donors (Lipinski definition) is 3. The minimum atomic E-state index is -1.26. The highest BCUT2D eigenvalue weighted by Gasteiger charge is 2.56. The minimum absolute atomic E-state index is 0.221. The van der Waals surface area contributed by atoms with Crippen LogP contribution < -0.4 is 5.73 Å². The van der Waals surface area contributed by atoms with Crippen LogP contribution in [0, 0.1) is 17.3 Å². The lowest BCUT2D eigenvalue weighted by molar-refractivity contribution is -0.176. The number of carbonyl (C=O) groups excluding carboxylic acids is 2.